The number of benzene rings is 2. The molecule has 178 valence electrons. The number of nitrogens with zero attached hydrogens (tertiary/aromatic N) is 1. The normalized spacial score (nSPS) is 32.0. The zero-order chi connectivity index (χ0) is 23.6. The van der Waals surface area contributed by atoms with Crippen molar-refractivity contribution in [3.8, 4) is 0 Å². The standard InChI is InChI=1S/C26H27Cl2N3O3/c1-34-22(32)12-18-11-21-24(29-18)23(15-3-2-4-16(27)9-15)26(31(21)13-14-5-6-14)19-8-7-17(28)10-20(19)30-25(26)33/h2-4,7-10,14,18,21,23-24,29H,5-6,11-13H2,1H3,(H,30,33)/t18?,21-,23-,24+,26+/m0/s1. The summed E-state index contributed by atoms with van der Waals surface area (Å²) in [4.78, 5) is 28.6. The average Bonchev–Trinajstić information content (AvgIpc) is 3.39. The maximum absolute atomic E-state index is 14.1. The van der Waals surface area contributed by atoms with Crippen molar-refractivity contribution in [2.24, 2.45) is 5.92 Å². The van der Waals surface area contributed by atoms with Crippen LogP contribution in [0.1, 0.15) is 42.7 Å². The number of ether oxygens (including phenoxy) is 1. The number of carbonyl (C=O) groups is 2. The van der Waals surface area contributed by atoms with Crippen LogP contribution in [0.5, 0.6) is 0 Å². The van der Waals surface area contributed by atoms with Crippen molar-refractivity contribution >= 4 is 40.8 Å². The number of carbonyl (C=O) groups excluding carboxylic acids is 2. The Morgan fingerprint density at radius 3 is 2.71 bits per heavy atom. The van der Waals surface area contributed by atoms with E-state index >= 15 is 0 Å². The molecule has 3 aliphatic heterocycles. The number of hydrogen-bond donors (Lipinski definition) is 2. The molecule has 1 unspecified atom stereocenters. The third-order valence-corrected chi connectivity index (χ3v) is 8.49. The first-order valence-corrected chi connectivity index (χ1v) is 12.6. The van der Waals surface area contributed by atoms with Crippen molar-refractivity contribution in [3.63, 3.8) is 0 Å². The first-order valence-electron chi connectivity index (χ1n) is 11.9. The van der Waals surface area contributed by atoms with Crippen LogP contribution in [0.15, 0.2) is 42.5 Å². The summed E-state index contributed by atoms with van der Waals surface area (Å²) in [5, 5.41) is 8.12. The summed E-state index contributed by atoms with van der Waals surface area (Å²) in [7, 11) is 1.42. The molecule has 2 saturated heterocycles. The molecule has 5 atom stereocenters. The zero-order valence-electron chi connectivity index (χ0n) is 18.9. The molecule has 3 heterocycles. The molecule has 1 amide bonds. The highest BCUT2D eigenvalue weighted by molar-refractivity contribution is 6.31. The van der Waals surface area contributed by atoms with Gasteiger partial charge in [-0.05, 0) is 55.0 Å². The number of anilines is 1. The molecule has 2 N–H and O–H groups in total. The van der Waals surface area contributed by atoms with Crippen LogP contribution in [0.4, 0.5) is 5.69 Å². The van der Waals surface area contributed by atoms with Crippen molar-refractivity contribution in [2.75, 3.05) is 19.0 Å². The van der Waals surface area contributed by atoms with Gasteiger partial charge in [-0.3, -0.25) is 14.5 Å². The Morgan fingerprint density at radius 2 is 1.97 bits per heavy atom. The molecule has 3 fully saturated rings. The molecule has 0 bridgehead atoms. The largest absolute Gasteiger partial charge is 0.469 e. The topological polar surface area (TPSA) is 70.7 Å². The highest BCUT2D eigenvalue weighted by Gasteiger charge is 2.68. The molecule has 2 aromatic rings. The SMILES string of the molecule is COC(=O)CC1C[C@H]2[C@@H](N1)[C@H](c1cccc(Cl)c1)[C@]1(C(=O)Nc3cc(Cl)ccc31)N2CC1CC1. The molecule has 0 radical (unpaired) electrons. The van der Waals surface area contributed by atoms with Crippen LogP contribution >= 0.6 is 23.2 Å². The van der Waals surface area contributed by atoms with Crippen LogP contribution in [0.3, 0.4) is 0 Å². The lowest BCUT2D eigenvalue weighted by molar-refractivity contribution is -0.141. The number of methoxy groups -OCH3 is 1. The van der Waals surface area contributed by atoms with E-state index in [0.717, 1.165) is 29.8 Å². The maximum atomic E-state index is 14.1. The van der Waals surface area contributed by atoms with E-state index in [0.29, 0.717) is 22.4 Å². The molecule has 1 saturated carbocycles. The van der Waals surface area contributed by atoms with Crippen molar-refractivity contribution in [2.45, 2.75) is 55.3 Å². The number of halogens is 2. The minimum absolute atomic E-state index is 0.00246. The van der Waals surface area contributed by atoms with Gasteiger partial charge in [-0.2, -0.15) is 0 Å². The molecule has 34 heavy (non-hydrogen) atoms. The van der Waals surface area contributed by atoms with Gasteiger partial charge in [0.05, 0.1) is 13.5 Å². The highest BCUT2D eigenvalue weighted by atomic mass is 35.5. The Labute approximate surface area is 208 Å². The van der Waals surface area contributed by atoms with Crippen LogP contribution in [0.25, 0.3) is 0 Å². The molecule has 8 heteroatoms. The Hall–Kier alpha value is -2.12. The number of nitrogens with one attached hydrogen (secondary N) is 2. The van der Waals surface area contributed by atoms with E-state index in [1.807, 2.05) is 36.4 Å². The van der Waals surface area contributed by atoms with Crippen LogP contribution in [0, 0.1) is 5.92 Å². The number of fused-ring (bicyclic) bond motifs is 3. The Kier molecular flexibility index (Phi) is 5.41. The lowest BCUT2D eigenvalue weighted by Crippen LogP contribution is -2.53. The second-order valence-corrected chi connectivity index (χ2v) is 10.9. The molecule has 0 aromatic heterocycles. The van der Waals surface area contributed by atoms with Gasteiger partial charge in [0.25, 0.3) is 0 Å². The van der Waals surface area contributed by atoms with E-state index < -0.39 is 5.54 Å². The highest BCUT2D eigenvalue weighted by Crippen LogP contribution is 2.60. The van der Waals surface area contributed by atoms with Gasteiger partial charge in [-0.15, -0.1) is 0 Å². The predicted molar refractivity (Wildman–Crippen MR) is 131 cm³/mol. The fourth-order valence-corrected chi connectivity index (χ4v) is 6.92. The van der Waals surface area contributed by atoms with E-state index in [2.05, 4.69) is 21.6 Å². The summed E-state index contributed by atoms with van der Waals surface area (Å²) >= 11 is 12.8. The maximum Gasteiger partial charge on any atom is 0.307 e. The third kappa shape index (κ3) is 3.38. The summed E-state index contributed by atoms with van der Waals surface area (Å²) in [6, 6.07) is 13.6. The van der Waals surface area contributed by atoms with Crippen LogP contribution in [0.2, 0.25) is 10.0 Å². The molecule has 4 aliphatic rings. The van der Waals surface area contributed by atoms with E-state index in [1.54, 1.807) is 0 Å². The minimum atomic E-state index is -0.869. The van der Waals surface area contributed by atoms with Crippen molar-refractivity contribution in [3.05, 3.63) is 63.6 Å². The van der Waals surface area contributed by atoms with Gasteiger partial charge in [0.2, 0.25) is 5.91 Å². The molecular weight excluding hydrogens is 473 g/mol. The second kappa shape index (κ2) is 8.23. The first-order chi connectivity index (χ1) is 16.4. The fourth-order valence-electron chi connectivity index (χ4n) is 6.55. The van der Waals surface area contributed by atoms with Gasteiger partial charge in [0, 0.05) is 51.9 Å². The smallest absolute Gasteiger partial charge is 0.307 e. The van der Waals surface area contributed by atoms with Gasteiger partial charge in [-0.1, -0.05) is 41.4 Å². The number of esters is 1. The number of rotatable bonds is 5. The summed E-state index contributed by atoms with van der Waals surface area (Å²) < 4.78 is 4.94. The molecule has 2 aromatic carbocycles. The lowest BCUT2D eigenvalue weighted by atomic mass is 9.74. The zero-order valence-corrected chi connectivity index (χ0v) is 20.4. The number of likely N-dealkylation sites (tertiary alicyclic amines) is 1. The quantitative estimate of drug-likeness (QED) is 0.599. The summed E-state index contributed by atoms with van der Waals surface area (Å²) in [6.45, 7) is 0.848. The fraction of sp³-hybridized carbons (Fsp3) is 0.462. The van der Waals surface area contributed by atoms with Crippen molar-refractivity contribution in [1.82, 2.24) is 10.2 Å². The third-order valence-electron chi connectivity index (χ3n) is 8.02. The first kappa shape index (κ1) is 22.4. The predicted octanol–water partition coefficient (Wildman–Crippen LogP) is 4.31. The second-order valence-electron chi connectivity index (χ2n) is 10.0. The molecule has 1 aliphatic carbocycles. The Morgan fingerprint density at radius 1 is 1.18 bits per heavy atom. The van der Waals surface area contributed by atoms with E-state index in [-0.39, 0.29) is 35.9 Å². The van der Waals surface area contributed by atoms with Crippen LogP contribution in [-0.2, 0) is 19.9 Å². The van der Waals surface area contributed by atoms with Crippen molar-refractivity contribution < 1.29 is 14.3 Å². The Bertz CT molecular complexity index is 1170. The van der Waals surface area contributed by atoms with Crippen molar-refractivity contribution in [1.29, 1.82) is 0 Å². The Balaban J connectivity index is 1.52. The summed E-state index contributed by atoms with van der Waals surface area (Å²) in [5.74, 6) is 0.161. The van der Waals surface area contributed by atoms with Crippen LogP contribution in [-0.4, -0.2) is 48.6 Å². The molecule has 1 spiro atoms. The van der Waals surface area contributed by atoms with Gasteiger partial charge >= 0.3 is 5.97 Å². The lowest BCUT2D eigenvalue weighted by Gasteiger charge is -2.40. The van der Waals surface area contributed by atoms with E-state index in [1.165, 1.54) is 20.0 Å². The van der Waals surface area contributed by atoms with Gasteiger partial charge in [-0.25, -0.2) is 0 Å². The monoisotopic (exact) mass is 499 g/mol. The number of hydrogen-bond acceptors (Lipinski definition) is 5. The van der Waals surface area contributed by atoms with E-state index in [9.17, 15) is 9.59 Å². The van der Waals surface area contributed by atoms with Gasteiger partial charge < -0.3 is 15.4 Å². The molecule has 6 rings (SSSR count). The summed E-state index contributed by atoms with van der Waals surface area (Å²) in [6.07, 6.45) is 3.45. The molecule has 6 nitrogen and oxygen atoms in total. The van der Waals surface area contributed by atoms with Crippen LogP contribution < -0.4 is 10.6 Å². The number of amides is 1. The minimum Gasteiger partial charge on any atom is -0.469 e. The summed E-state index contributed by atoms with van der Waals surface area (Å²) in [5.41, 5.74) is 1.89. The van der Waals surface area contributed by atoms with E-state index in [4.69, 9.17) is 27.9 Å². The molecular formula is C26H27Cl2N3O3. The average molecular weight is 500 g/mol. The van der Waals surface area contributed by atoms with Gasteiger partial charge in [0.1, 0.15) is 5.54 Å². The van der Waals surface area contributed by atoms with Gasteiger partial charge in [0.15, 0.2) is 0 Å².